The van der Waals surface area contributed by atoms with Gasteiger partial charge in [-0.25, -0.2) is 0 Å². The van der Waals surface area contributed by atoms with Crippen LogP contribution >= 0.6 is 0 Å². The Bertz CT molecular complexity index is 1680. The summed E-state index contributed by atoms with van der Waals surface area (Å²) < 4.78 is 11.2. The lowest BCUT2D eigenvalue weighted by Crippen LogP contribution is -2.29. The van der Waals surface area contributed by atoms with E-state index in [1.807, 2.05) is 12.1 Å². The van der Waals surface area contributed by atoms with Gasteiger partial charge in [0, 0.05) is 19.4 Å². The SMILES string of the molecule is CC(=O)OC1C=Cc2ccc3cc4cc5cc6ccccc6cc5cc4cc3c2C1OC(C)=O. The first kappa shape index (κ1) is 20.4. The highest BCUT2D eigenvalue weighted by atomic mass is 16.6. The maximum absolute atomic E-state index is 12.0. The average molecular weight is 447 g/mol. The minimum atomic E-state index is -0.702. The molecular weight excluding hydrogens is 424 g/mol. The van der Waals surface area contributed by atoms with Crippen LogP contribution in [0.5, 0.6) is 0 Å². The molecule has 6 rings (SSSR count). The van der Waals surface area contributed by atoms with Crippen LogP contribution in [-0.2, 0) is 19.1 Å². The van der Waals surface area contributed by atoms with Crippen LogP contribution in [-0.4, -0.2) is 18.0 Å². The van der Waals surface area contributed by atoms with Crippen molar-refractivity contribution in [1.82, 2.24) is 0 Å². The van der Waals surface area contributed by atoms with E-state index in [-0.39, 0.29) is 0 Å². The number of hydrogen-bond donors (Lipinski definition) is 0. The Balaban J connectivity index is 1.60. The Morgan fingerprint density at radius 1 is 0.647 bits per heavy atom. The Morgan fingerprint density at radius 2 is 1.21 bits per heavy atom. The highest BCUT2D eigenvalue weighted by Gasteiger charge is 2.33. The highest BCUT2D eigenvalue weighted by Crippen LogP contribution is 2.40. The summed E-state index contributed by atoms with van der Waals surface area (Å²) in [5.74, 6) is -0.835. The van der Waals surface area contributed by atoms with Gasteiger partial charge in [-0.1, -0.05) is 42.5 Å². The number of ether oxygens (including phenoxy) is 2. The van der Waals surface area contributed by atoms with E-state index < -0.39 is 24.1 Å². The van der Waals surface area contributed by atoms with Crippen LogP contribution in [0.3, 0.4) is 0 Å². The topological polar surface area (TPSA) is 52.6 Å². The molecule has 0 spiro atoms. The molecule has 0 N–H and O–H groups in total. The molecule has 0 radical (unpaired) electrons. The van der Waals surface area contributed by atoms with Crippen LogP contribution in [0.4, 0.5) is 0 Å². The molecule has 5 aromatic carbocycles. The van der Waals surface area contributed by atoms with Gasteiger partial charge in [-0.3, -0.25) is 9.59 Å². The second kappa shape index (κ2) is 7.70. The number of fused-ring (bicyclic) bond motifs is 6. The van der Waals surface area contributed by atoms with Crippen molar-refractivity contribution >= 4 is 61.1 Å². The van der Waals surface area contributed by atoms with Crippen molar-refractivity contribution in [3.8, 4) is 0 Å². The summed E-state index contributed by atoms with van der Waals surface area (Å²) in [6, 6.07) is 25.7. The van der Waals surface area contributed by atoms with Gasteiger partial charge in [0.2, 0.25) is 0 Å². The predicted molar refractivity (Wildman–Crippen MR) is 136 cm³/mol. The summed E-state index contributed by atoms with van der Waals surface area (Å²) in [5.41, 5.74) is 1.82. The summed E-state index contributed by atoms with van der Waals surface area (Å²) in [4.78, 5) is 23.7. The molecule has 34 heavy (non-hydrogen) atoms. The first-order chi connectivity index (χ1) is 16.5. The van der Waals surface area contributed by atoms with Gasteiger partial charge in [-0.05, 0) is 91.1 Å². The molecule has 1 aliphatic rings. The largest absolute Gasteiger partial charge is 0.454 e. The van der Waals surface area contributed by atoms with E-state index in [0.717, 1.165) is 32.7 Å². The quantitative estimate of drug-likeness (QED) is 0.219. The van der Waals surface area contributed by atoms with Gasteiger partial charge in [-0.2, -0.15) is 0 Å². The van der Waals surface area contributed by atoms with E-state index in [2.05, 4.69) is 66.7 Å². The van der Waals surface area contributed by atoms with Crippen molar-refractivity contribution in [3.63, 3.8) is 0 Å². The zero-order valence-electron chi connectivity index (χ0n) is 18.9. The molecule has 0 aromatic heterocycles. The van der Waals surface area contributed by atoms with Crippen LogP contribution in [0.2, 0.25) is 0 Å². The van der Waals surface area contributed by atoms with E-state index in [1.165, 1.54) is 35.4 Å². The van der Waals surface area contributed by atoms with Gasteiger partial charge in [0.25, 0.3) is 0 Å². The van der Waals surface area contributed by atoms with Crippen LogP contribution in [0.25, 0.3) is 49.2 Å². The van der Waals surface area contributed by atoms with Crippen molar-refractivity contribution in [1.29, 1.82) is 0 Å². The summed E-state index contributed by atoms with van der Waals surface area (Å²) >= 11 is 0. The van der Waals surface area contributed by atoms with Crippen molar-refractivity contribution in [2.75, 3.05) is 0 Å². The molecule has 0 bridgehead atoms. The summed E-state index contributed by atoms with van der Waals surface area (Å²) in [6.45, 7) is 2.74. The molecule has 2 atom stereocenters. The Hall–Kier alpha value is -4.18. The zero-order chi connectivity index (χ0) is 23.4. The van der Waals surface area contributed by atoms with Crippen molar-refractivity contribution in [3.05, 3.63) is 90.0 Å². The summed E-state index contributed by atoms with van der Waals surface area (Å²) in [6.07, 6.45) is 2.34. The van der Waals surface area contributed by atoms with Gasteiger partial charge in [0.15, 0.2) is 12.2 Å². The molecule has 166 valence electrons. The first-order valence-electron chi connectivity index (χ1n) is 11.3. The van der Waals surface area contributed by atoms with Crippen LogP contribution in [0.15, 0.2) is 78.9 Å². The first-order valence-corrected chi connectivity index (χ1v) is 11.3. The average Bonchev–Trinajstić information content (AvgIpc) is 2.80. The fourth-order valence-electron chi connectivity index (χ4n) is 5.08. The van der Waals surface area contributed by atoms with Crippen molar-refractivity contribution in [2.45, 2.75) is 26.1 Å². The van der Waals surface area contributed by atoms with Crippen molar-refractivity contribution < 1.29 is 19.1 Å². The molecule has 0 heterocycles. The Morgan fingerprint density at radius 3 is 1.82 bits per heavy atom. The molecule has 0 saturated heterocycles. The number of rotatable bonds is 2. The standard InChI is InChI=1S/C30H22O4/c1-17(31)33-28-10-9-19-7-8-22-13-25-14-23-11-20-5-3-4-6-21(20)12-24(23)15-26(25)16-27(22)29(19)30(28)34-18(2)32/h3-16,28,30H,1-2H3. The summed E-state index contributed by atoms with van der Waals surface area (Å²) in [7, 11) is 0. The van der Waals surface area contributed by atoms with E-state index in [1.54, 1.807) is 6.08 Å². The maximum Gasteiger partial charge on any atom is 0.303 e. The predicted octanol–water partition coefficient (Wildman–Crippen LogP) is 6.86. The normalized spacial score (nSPS) is 17.2. The molecule has 4 heteroatoms. The molecular formula is C30H22O4. The van der Waals surface area contributed by atoms with Crippen LogP contribution in [0, 0.1) is 0 Å². The minimum absolute atomic E-state index is 0.417. The van der Waals surface area contributed by atoms with Crippen LogP contribution in [0.1, 0.15) is 31.1 Å². The third-order valence-corrected chi connectivity index (χ3v) is 6.52. The Kier molecular flexibility index (Phi) is 4.63. The lowest BCUT2D eigenvalue weighted by molar-refractivity contribution is -0.162. The summed E-state index contributed by atoms with van der Waals surface area (Å²) in [5, 5.41) is 9.06. The van der Waals surface area contributed by atoms with Gasteiger partial charge < -0.3 is 9.47 Å². The smallest absolute Gasteiger partial charge is 0.303 e. The van der Waals surface area contributed by atoms with Crippen molar-refractivity contribution in [2.24, 2.45) is 0 Å². The van der Waals surface area contributed by atoms with Gasteiger partial charge in [-0.15, -0.1) is 0 Å². The number of carbonyl (C=O) groups excluding carboxylic acids is 2. The fourth-order valence-corrected chi connectivity index (χ4v) is 5.08. The number of carbonyl (C=O) groups is 2. The number of benzene rings is 5. The van der Waals surface area contributed by atoms with E-state index >= 15 is 0 Å². The third kappa shape index (κ3) is 3.39. The van der Waals surface area contributed by atoms with E-state index in [4.69, 9.17) is 9.47 Å². The van der Waals surface area contributed by atoms with Gasteiger partial charge in [0.05, 0.1) is 0 Å². The lowest BCUT2D eigenvalue weighted by atomic mass is 9.86. The lowest BCUT2D eigenvalue weighted by Gasteiger charge is -2.30. The molecule has 0 fully saturated rings. The minimum Gasteiger partial charge on any atom is -0.454 e. The van der Waals surface area contributed by atoms with Gasteiger partial charge in [0.1, 0.15) is 0 Å². The van der Waals surface area contributed by atoms with Gasteiger partial charge >= 0.3 is 11.9 Å². The molecule has 4 nitrogen and oxygen atoms in total. The Labute approximate surface area is 196 Å². The zero-order valence-corrected chi connectivity index (χ0v) is 18.9. The highest BCUT2D eigenvalue weighted by molar-refractivity contribution is 6.09. The number of hydrogen-bond acceptors (Lipinski definition) is 4. The van der Waals surface area contributed by atoms with Crippen LogP contribution < -0.4 is 0 Å². The molecule has 1 aliphatic carbocycles. The molecule has 2 unspecified atom stereocenters. The fraction of sp³-hybridized carbons (Fsp3) is 0.133. The maximum atomic E-state index is 12.0. The van der Waals surface area contributed by atoms with E-state index in [9.17, 15) is 9.59 Å². The third-order valence-electron chi connectivity index (χ3n) is 6.52. The monoisotopic (exact) mass is 446 g/mol. The molecule has 0 aliphatic heterocycles. The molecule has 0 amide bonds. The molecule has 0 saturated carbocycles. The second-order valence-corrected chi connectivity index (χ2v) is 8.85. The number of esters is 2. The van der Waals surface area contributed by atoms with E-state index in [0.29, 0.717) is 0 Å². The molecule has 5 aromatic rings. The second-order valence-electron chi connectivity index (χ2n) is 8.85.